The minimum atomic E-state index is -1.23. The Morgan fingerprint density at radius 2 is 1.63 bits per heavy atom. The van der Waals surface area contributed by atoms with Crippen molar-refractivity contribution in [2.45, 2.75) is 39.5 Å². The predicted molar refractivity (Wildman–Crippen MR) is 113 cm³/mol. The Morgan fingerprint density at radius 1 is 1.00 bits per heavy atom. The number of aromatic amines is 1. The molecule has 0 atom stereocenters. The highest BCUT2D eigenvalue weighted by Crippen LogP contribution is 2.21. The number of hydrogen-bond donors (Lipinski definition) is 2. The fourth-order valence-electron chi connectivity index (χ4n) is 3.19. The number of nitrogens with one attached hydrogen (secondary N) is 1. The molecule has 1 heterocycles. The van der Waals surface area contributed by atoms with Crippen molar-refractivity contribution in [2.75, 3.05) is 0 Å². The van der Waals surface area contributed by atoms with Gasteiger partial charge in [-0.25, -0.2) is 9.59 Å². The number of hydrogen-bond acceptors (Lipinski definition) is 4. The Bertz CT molecular complexity index is 1130. The summed E-state index contributed by atoms with van der Waals surface area (Å²) in [6, 6.07) is 15.9. The maximum absolute atomic E-state index is 12.9. The van der Waals surface area contributed by atoms with Crippen LogP contribution in [0.2, 0.25) is 0 Å². The van der Waals surface area contributed by atoms with E-state index in [4.69, 9.17) is 4.74 Å². The van der Waals surface area contributed by atoms with Crippen molar-refractivity contribution in [1.29, 1.82) is 0 Å². The molecule has 0 saturated carbocycles. The van der Waals surface area contributed by atoms with Gasteiger partial charge in [0.15, 0.2) is 0 Å². The molecule has 156 valence electrons. The summed E-state index contributed by atoms with van der Waals surface area (Å²) in [7, 11) is 0. The van der Waals surface area contributed by atoms with Crippen LogP contribution in [0, 0.1) is 0 Å². The fraction of sp³-hybridized carbons (Fsp3) is 0.261. The maximum Gasteiger partial charge on any atom is 0.410 e. The van der Waals surface area contributed by atoms with Gasteiger partial charge in [-0.2, -0.15) is 0 Å². The van der Waals surface area contributed by atoms with E-state index in [0.717, 1.165) is 5.56 Å². The Labute approximate surface area is 173 Å². The average molecular weight is 408 g/mol. The number of para-hydroxylation sites is 1. The molecule has 0 unspecified atom stereocenters. The summed E-state index contributed by atoms with van der Waals surface area (Å²) >= 11 is 0. The number of carbonyl (C=O) groups is 2. The topological polar surface area (TPSA) is 99.7 Å². The number of aromatic carboxylic acids is 1. The van der Waals surface area contributed by atoms with Crippen LogP contribution in [0.25, 0.3) is 10.9 Å². The third-order valence-corrected chi connectivity index (χ3v) is 4.45. The van der Waals surface area contributed by atoms with E-state index in [0.29, 0.717) is 10.9 Å². The number of carboxylic acids is 1. The van der Waals surface area contributed by atoms with Crippen LogP contribution in [0.4, 0.5) is 4.79 Å². The lowest BCUT2D eigenvalue weighted by Gasteiger charge is -2.28. The van der Waals surface area contributed by atoms with Crippen LogP contribution in [0.5, 0.6) is 0 Å². The molecule has 2 N–H and O–H groups in total. The monoisotopic (exact) mass is 408 g/mol. The van der Waals surface area contributed by atoms with Gasteiger partial charge < -0.3 is 14.8 Å². The first-order valence-electron chi connectivity index (χ1n) is 9.55. The van der Waals surface area contributed by atoms with Gasteiger partial charge in [0.05, 0.1) is 17.7 Å². The Balaban J connectivity index is 2.07. The molecule has 7 nitrogen and oxygen atoms in total. The number of amides is 1. The molecule has 0 radical (unpaired) electrons. The van der Waals surface area contributed by atoms with E-state index in [2.05, 4.69) is 4.98 Å². The number of aromatic nitrogens is 1. The highest BCUT2D eigenvalue weighted by Gasteiger charge is 2.26. The lowest BCUT2D eigenvalue weighted by molar-refractivity contribution is 0.0213. The summed E-state index contributed by atoms with van der Waals surface area (Å²) in [6.45, 7) is 5.21. The lowest BCUT2D eigenvalue weighted by Crippen LogP contribution is -2.38. The minimum Gasteiger partial charge on any atom is -0.478 e. The Kier molecular flexibility index (Phi) is 5.91. The number of H-pyrrole nitrogens is 1. The van der Waals surface area contributed by atoms with Crippen LogP contribution in [0.1, 0.15) is 42.3 Å². The summed E-state index contributed by atoms with van der Waals surface area (Å²) in [5.41, 5.74) is -0.142. The van der Waals surface area contributed by atoms with Crippen molar-refractivity contribution < 1.29 is 19.4 Å². The number of benzene rings is 2. The Morgan fingerprint density at radius 3 is 2.27 bits per heavy atom. The average Bonchev–Trinajstić information content (AvgIpc) is 2.67. The molecule has 0 aliphatic rings. The van der Waals surface area contributed by atoms with Crippen LogP contribution < -0.4 is 5.56 Å². The molecule has 0 saturated heterocycles. The lowest BCUT2D eigenvalue weighted by atomic mass is 10.0. The molecule has 0 spiro atoms. The van der Waals surface area contributed by atoms with Gasteiger partial charge in [-0.1, -0.05) is 48.5 Å². The van der Waals surface area contributed by atoms with Gasteiger partial charge in [0.1, 0.15) is 5.60 Å². The first-order chi connectivity index (χ1) is 14.2. The summed E-state index contributed by atoms with van der Waals surface area (Å²) < 4.78 is 5.50. The highest BCUT2D eigenvalue weighted by molar-refractivity contribution is 6.03. The molecule has 0 bridgehead atoms. The molecule has 3 aromatic rings. The normalized spacial score (nSPS) is 11.3. The van der Waals surface area contributed by atoms with E-state index in [1.165, 1.54) is 4.90 Å². The molecule has 2 aromatic carbocycles. The summed E-state index contributed by atoms with van der Waals surface area (Å²) in [5.74, 6) is -1.23. The third-order valence-electron chi connectivity index (χ3n) is 4.45. The van der Waals surface area contributed by atoms with E-state index in [1.807, 2.05) is 30.3 Å². The van der Waals surface area contributed by atoms with Crippen molar-refractivity contribution in [3.8, 4) is 0 Å². The summed E-state index contributed by atoms with van der Waals surface area (Å²) in [5, 5.41) is 10.2. The first-order valence-corrected chi connectivity index (χ1v) is 9.55. The van der Waals surface area contributed by atoms with Gasteiger partial charge in [-0.3, -0.25) is 9.69 Å². The van der Waals surface area contributed by atoms with E-state index in [1.54, 1.807) is 45.0 Å². The molecule has 1 aromatic heterocycles. The van der Waals surface area contributed by atoms with Crippen molar-refractivity contribution in [3.05, 3.63) is 81.6 Å². The van der Waals surface area contributed by atoms with Crippen molar-refractivity contribution in [1.82, 2.24) is 9.88 Å². The van der Waals surface area contributed by atoms with E-state index in [-0.39, 0.29) is 24.2 Å². The highest BCUT2D eigenvalue weighted by atomic mass is 16.6. The second kappa shape index (κ2) is 8.41. The van der Waals surface area contributed by atoms with Gasteiger partial charge in [0, 0.05) is 17.4 Å². The van der Waals surface area contributed by atoms with E-state index < -0.39 is 23.2 Å². The maximum atomic E-state index is 12.9. The molecule has 0 aliphatic carbocycles. The zero-order valence-electron chi connectivity index (χ0n) is 17.1. The van der Waals surface area contributed by atoms with E-state index >= 15 is 0 Å². The van der Waals surface area contributed by atoms with E-state index in [9.17, 15) is 19.5 Å². The SMILES string of the molecule is CC(C)(C)OC(=O)N(Cc1ccccc1)Cc1c(C(=O)O)c2ccccc2[nH]c1=O. The molecule has 0 fully saturated rings. The van der Waals surface area contributed by atoms with Gasteiger partial charge in [-0.15, -0.1) is 0 Å². The van der Waals surface area contributed by atoms with Gasteiger partial charge >= 0.3 is 12.1 Å². The second-order valence-electron chi connectivity index (χ2n) is 7.98. The second-order valence-corrected chi connectivity index (χ2v) is 7.98. The number of carbonyl (C=O) groups excluding carboxylic acids is 1. The van der Waals surface area contributed by atoms with Crippen LogP contribution in [-0.2, 0) is 17.8 Å². The minimum absolute atomic E-state index is 0.00277. The molecule has 0 aliphatic heterocycles. The summed E-state index contributed by atoms with van der Waals surface area (Å²) in [6.07, 6.45) is -0.629. The molecule has 3 rings (SSSR count). The van der Waals surface area contributed by atoms with Crippen molar-refractivity contribution in [3.63, 3.8) is 0 Å². The van der Waals surface area contributed by atoms with Crippen molar-refractivity contribution in [2.24, 2.45) is 0 Å². The van der Waals surface area contributed by atoms with Crippen LogP contribution >= 0.6 is 0 Å². The molecule has 1 amide bonds. The van der Waals surface area contributed by atoms with Gasteiger partial charge in [0.2, 0.25) is 0 Å². The van der Waals surface area contributed by atoms with Gasteiger partial charge in [-0.05, 0) is 32.4 Å². The fourth-order valence-corrected chi connectivity index (χ4v) is 3.19. The Hall–Kier alpha value is -3.61. The molecule has 7 heteroatoms. The number of ether oxygens (including phenoxy) is 1. The number of rotatable bonds is 5. The zero-order chi connectivity index (χ0) is 21.9. The number of nitrogens with zero attached hydrogens (tertiary/aromatic N) is 1. The van der Waals surface area contributed by atoms with Crippen LogP contribution in [-0.4, -0.2) is 32.7 Å². The largest absolute Gasteiger partial charge is 0.478 e. The third kappa shape index (κ3) is 4.86. The standard InChI is InChI=1S/C23H24N2O5/c1-23(2,3)30-22(29)25(13-15-9-5-4-6-10-15)14-17-19(21(27)28)16-11-7-8-12-18(16)24-20(17)26/h4-12H,13-14H2,1-3H3,(H,24,26)(H,27,28). The van der Waals surface area contributed by atoms with Gasteiger partial charge in [0.25, 0.3) is 5.56 Å². The summed E-state index contributed by atoms with van der Waals surface area (Å²) in [4.78, 5) is 41.7. The smallest absolute Gasteiger partial charge is 0.410 e. The molecular weight excluding hydrogens is 384 g/mol. The molecule has 30 heavy (non-hydrogen) atoms. The zero-order valence-corrected chi connectivity index (χ0v) is 17.1. The number of fused-ring (bicyclic) bond motifs is 1. The molecular formula is C23H24N2O5. The van der Waals surface area contributed by atoms with Crippen molar-refractivity contribution >= 4 is 23.0 Å². The number of carboxylic acid groups (broad SMARTS) is 1. The first kappa shape index (κ1) is 21.1. The number of pyridine rings is 1. The van der Waals surface area contributed by atoms with Crippen LogP contribution in [0.3, 0.4) is 0 Å². The van der Waals surface area contributed by atoms with Crippen LogP contribution in [0.15, 0.2) is 59.4 Å². The predicted octanol–water partition coefficient (Wildman–Crippen LogP) is 4.16. The quantitative estimate of drug-likeness (QED) is 0.660.